The Kier molecular flexibility index (Phi) is 7.72. The molecule has 0 unspecified atom stereocenters. The van der Waals surface area contributed by atoms with E-state index in [0.29, 0.717) is 18.7 Å². The van der Waals surface area contributed by atoms with Gasteiger partial charge in [-0.15, -0.1) is 0 Å². The summed E-state index contributed by atoms with van der Waals surface area (Å²) < 4.78 is 46.4. The molecule has 38 heavy (non-hydrogen) atoms. The van der Waals surface area contributed by atoms with Crippen LogP contribution in [0.4, 0.5) is 19.3 Å². The maximum absolute atomic E-state index is 15.3. The van der Waals surface area contributed by atoms with Gasteiger partial charge in [0.15, 0.2) is 5.17 Å². The molecular weight excluding hydrogens is 530 g/mol. The van der Waals surface area contributed by atoms with E-state index in [4.69, 9.17) is 24.7 Å². The Bertz CT molecular complexity index is 1200. The number of carbonyl (C=O) groups is 1. The second-order valence-corrected chi connectivity index (χ2v) is 19.0. The molecule has 0 saturated heterocycles. The van der Waals surface area contributed by atoms with Crippen LogP contribution < -0.4 is 5.73 Å². The van der Waals surface area contributed by atoms with Crippen LogP contribution in [0, 0.1) is 11.7 Å². The van der Waals surface area contributed by atoms with Gasteiger partial charge in [-0.3, -0.25) is 0 Å². The van der Waals surface area contributed by atoms with Crippen LogP contribution in [0.15, 0.2) is 40.0 Å². The fourth-order valence-electron chi connectivity index (χ4n) is 4.58. The minimum Gasteiger partial charge on any atom is -0.443 e. The van der Waals surface area contributed by atoms with Crippen molar-refractivity contribution in [2.75, 3.05) is 25.7 Å². The van der Waals surface area contributed by atoms with Crippen molar-refractivity contribution in [1.82, 2.24) is 10.1 Å². The van der Waals surface area contributed by atoms with Crippen LogP contribution in [0.25, 0.3) is 0 Å². The largest absolute Gasteiger partial charge is 0.443 e. The lowest BCUT2D eigenvalue weighted by molar-refractivity contribution is 0.0109. The number of amidine groups is 1. The molecular formula is C26H36F2N4O4SSi. The summed E-state index contributed by atoms with van der Waals surface area (Å²) in [5, 5.41) is 4.30. The molecule has 1 aromatic carbocycles. The summed E-state index contributed by atoms with van der Waals surface area (Å²) in [5.74, 6) is -1.06. The van der Waals surface area contributed by atoms with Crippen molar-refractivity contribution >= 4 is 36.8 Å². The third-order valence-electron chi connectivity index (χ3n) is 6.65. The van der Waals surface area contributed by atoms with E-state index >= 15 is 8.78 Å². The molecule has 1 fully saturated rings. The number of nitrogen functional groups attached to an aromatic ring is 1. The lowest BCUT2D eigenvalue weighted by Crippen LogP contribution is -2.46. The van der Waals surface area contributed by atoms with Crippen LogP contribution in [0.2, 0.25) is 25.7 Å². The molecule has 0 spiro atoms. The van der Waals surface area contributed by atoms with E-state index in [2.05, 4.69) is 24.8 Å². The number of amides is 1. The highest BCUT2D eigenvalue weighted by molar-refractivity contribution is 8.14. The fraction of sp³-hybridized carbons (Fsp3) is 0.577. The van der Waals surface area contributed by atoms with Gasteiger partial charge < -0.3 is 19.7 Å². The first-order valence-electron chi connectivity index (χ1n) is 12.6. The number of hydrogen-bond donors (Lipinski definition) is 1. The first kappa shape index (κ1) is 28.6. The van der Waals surface area contributed by atoms with Crippen molar-refractivity contribution in [1.29, 1.82) is 0 Å². The van der Waals surface area contributed by atoms with Gasteiger partial charge in [-0.05, 0) is 51.4 Å². The van der Waals surface area contributed by atoms with Crippen molar-refractivity contribution in [2.24, 2.45) is 10.9 Å². The second-order valence-electron chi connectivity index (χ2n) is 12.1. The summed E-state index contributed by atoms with van der Waals surface area (Å²) in [6.07, 6.45) is 1.20. The highest BCUT2D eigenvalue weighted by Crippen LogP contribution is 2.71. The van der Waals surface area contributed by atoms with Crippen molar-refractivity contribution in [2.45, 2.75) is 68.8 Å². The summed E-state index contributed by atoms with van der Waals surface area (Å²) in [7, 11) is -1.39. The van der Waals surface area contributed by atoms with Crippen LogP contribution >= 0.6 is 11.8 Å². The number of carbonyl (C=O) groups excluding carboxylic acids is 1. The molecule has 8 nitrogen and oxygen atoms in total. The smallest absolute Gasteiger partial charge is 0.418 e. The molecule has 1 saturated carbocycles. The number of fused-ring (bicyclic) bond motifs is 1. The molecule has 1 amide bonds. The van der Waals surface area contributed by atoms with Gasteiger partial charge in [0.2, 0.25) is 0 Å². The number of halogens is 2. The molecule has 0 radical (unpaired) electrons. The summed E-state index contributed by atoms with van der Waals surface area (Å²) in [4.78, 5) is 19.5. The Morgan fingerprint density at radius 2 is 2.05 bits per heavy atom. The zero-order valence-electron chi connectivity index (χ0n) is 22.7. The number of aromatic nitrogens is 1. The lowest BCUT2D eigenvalue weighted by Gasteiger charge is -2.38. The molecule has 2 N–H and O–H groups in total. The lowest BCUT2D eigenvalue weighted by atomic mass is 9.84. The Labute approximate surface area is 227 Å². The van der Waals surface area contributed by atoms with Crippen molar-refractivity contribution in [3.05, 3.63) is 47.6 Å². The highest BCUT2D eigenvalue weighted by atomic mass is 32.2. The number of nitrogens with two attached hydrogens (primary N) is 1. The predicted molar refractivity (Wildman–Crippen MR) is 147 cm³/mol. The average molecular weight is 567 g/mol. The van der Waals surface area contributed by atoms with Gasteiger partial charge >= 0.3 is 6.09 Å². The monoisotopic (exact) mass is 566 g/mol. The number of aliphatic imine (C=N–C) groups is 1. The van der Waals surface area contributed by atoms with Crippen LogP contribution in [0.3, 0.4) is 0 Å². The number of alkyl halides is 1. The van der Waals surface area contributed by atoms with Crippen molar-refractivity contribution in [3.63, 3.8) is 0 Å². The zero-order chi connectivity index (χ0) is 27.9. The van der Waals surface area contributed by atoms with Crippen LogP contribution in [0.5, 0.6) is 0 Å². The molecule has 12 heteroatoms. The van der Waals surface area contributed by atoms with Crippen LogP contribution in [0.1, 0.15) is 38.4 Å². The van der Waals surface area contributed by atoms with E-state index in [0.717, 1.165) is 6.04 Å². The first-order valence-corrected chi connectivity index (χ1v) is 17.1. The third-order valence-corrected chi connectivity index (χ3v) is 9.87. The number of rotatable bonds is 8. The van der Waals surface area contributed by atoms with Gasteiger partial charge in [0.1, 0.15) is 42.3 Å². The van der Waals surface area contributed by atoms with Gasteiger partial charge in [0.05, 0.1) is 4.75 Å². The number of ether oxygens (including phenoxy) is 2. The molecule has 2 aliphatic rings. The third kappa shape index (κ3) is 5.76. The standard InChI is InChI=1S/C26H36F2N4O4SSi/c1-24(2,3)36-23(33)32(16-34-11-12-38(4,5)6)22-30-25(15-27,18-13-17(29)7-8-19(18)28)20-14-26(20,37-22)21-9-10-35-31-21/h7-10,13,20H,11-12,14-16,29H2,1-6H3/t20-,25+,26-/m0/s1. The molecule has 208 valence electrons. The van der Waals surface area contributed by atoms with E-state index in [1.807, 2.05) is 0 Å². The summed E-state index contributed by atoms with van der Waals surface area (Å²) in [5.41, 5.74) is 4.47. The van der Waals surface area contributed by atoms with Gasteiger partial charge in [0.25, 0.3) is 0 Å². The van der Waals surface area contributed by atoms with Gasteiger partial charge in [0, 0.05) is 37.9 Å². The van der Waals surface area contributed by atoms with Gasteiger partial charge in [-0.2, -0.15) is 0 Å². The molecule has 3 atom stereocenters. The van der Waals surface area contributed by atoms with E-state index in [1.54, 1.807) is 26.8 Å². The van der Waals surface area contributed by atoms with E-state index in [-0.39, 0.29) is 23.1 Å². The van der Waals surface area contributed by atoms with Gasteiger partial charge in [-0.25, -0.2) is 23.5 Å². The molecule has 1 aliphatic carbocycles. The van der Waals surface area contributed by atoms with Crippen LogP contribution in [-0.2, 0) is 19.8 Å². The quantitative estimate of drug-likeness (QED) is 0.177. The van der Waals surface area contributed by atoms with Crippen LogP contribution in [-0.4, -0.2) is 55.0 Å². The van der Waals surface area contributed by atoms with Crippen molar-refractivity contribution < 1.29 is 27.6 Å². The fourth-order valence-corrected chi connectivity index (χ4v) is 6.91. The number of thioether (sulfide) groups is 1. The highest BCUT2D eigenvalue weighted by Gasteiger charge is 2.71. The topological polar surface area (TPSA) is 103 Å². The molecule has 2 aromatic rings. The maximum atomic E-state index is 15.3. The number of benzene rings is 1. The number of hydrogen-bond acceptors (Lipinski definition) is 8. The SMILES string of the molecule is CC(C)(C)OC(=O)N(COCC[Si](C)(C)C)C1=N[C@](CF)(c2cc(N)ccc2F)[C@@H]2C[C@]2(c2ccon2)S1. The van der Waals surface area contributed by atoms with E-state index < -0.39 is 48.5 Å². The minimum atomic E-state index is -1.63. The Hall–Kier alpha value is -2.44. The van der Waals surface area contributed by atoms with E-state index in [9.17, 15) is 4.79 Å². The Balaban J connectivity index is 1.79. The Morgan fingerprint density at radius 3 is 2.66 bits per heavy atom. The zero-order valence-corrected chi connectivity index (χ0v) is 24.5. The molecule has 1 aliphatic heterocycles. The Morgan fingerprint density at radius 1 is 1.32 bits per heavy atom. The second kappa shape index (κ2) is 10.3. The summed E-state index contributed by atoms with van der Waals surface area (Å²) >= 11 is 1.27. The summed E-state index contributed by atoms with van der Waals surface area (Å²) in [6, 6.07) is 6.65. The summed E-state index contributed by atoms with van der Waals surface area (Å²) in [6.45, 7) is 11.3. The first-order chi connectivity index (χ1) is 17.7. The maximum Gasteiger partial charge on any atom is 0.418 e. The van der Waals surface area contributed by atoms with Gasteiger partial charge in [-0.1, -0.05) is 36.6 Å². The normalized spacial score (nSPS) is 24.9. The minimum absolute atomic E-state index is 0.0389. The molecule has 0 bridgehead atoms. The predicted octanol–water partition coefficient (Wildman–Crippen LogP) is 6.13. The average Bonchev–Trinajstić information content (AvgIpc) is 3.30. The number of nitrogens with zero attached hydrogens (tertiary/aromatic N) is 3. The van der Waals surface area contributed by atoms with E-state index in [1.165, 1.54) is 41.1 Å². The number of anilines is 1. The molecule has 2 heterocycles. The molecule has 4 rings (SSSR count). The van der Waals surface area contributed by atoms with Crippen molar-refractivity contribution in [3.8, 4) is 0 Å². The molecule has 1 aromatic heterocycles.